The van der Waals surface area contributed by atoms with Gasteiger partial charge in [0.05, 0.1) is 5.92 Å². The summed E-state index contributed by atoms with van der Waals surface area (Å²) >= 11 is 0. The maximum Gasteiger partial charge on any atom is 0.321 e. The lowest BCUT2D eigenvalue weighted by molar-refractivity contribution is -0.124. The standard InChI is InChI=1S/C20H23N3O2/c1-13(19(24)21-2)12-23(3)20(25)22-16-8-9-18-15(11-16)10-14-6-4-5-7-17(14)18/h4-9,11,13H,10,12H2,1-3H3,(H,21,24)(H,22,25)/t13-/m0/s1. The second-order valence-electron chi connectivity index (χ2n) is 6.53. The third-order valence-electron chi connectivity index (χ3n) is 4.63. The maximum atomic E-state index is 12.4. The van der Waals surface area contributed by atoms with E-state index in [4.69, 9.17) is 0 Å². The van der Waals surface area contributed by atoms with Gasteiger partial charge in [-0.25, -0.2) is 4.79 Å². The number of fused-ring (bicyclic) bond motifs is 3. The molecule has 1 aliphatic rings. The Hall–Kier alpha value is -2.82. The van der Waals surface area contributed by atoms with Crippen LogP contribution in [-0.4, -0.2) is 37.5 Å². The summed E-state index contributed by atoms with van der Waals surface area (Å²) in [7, 11) is 3.29. The fourth-order valence-corrected chi connectivity index (χ4v) is 3.26. The van der Waals surface area contributed by atoms with Crippen LogP contribution in [0.4, 0.5) is 10.5 Å². The molecule has 0 aliphatic heterocycles. The fourth-order valence-electron chi connectivity index (χ4n) is 3.26. The van der Waals surface area contributed by atoms with Crippen molar-refractivity contribution in [2.45, 2.75) is 13.3 Å². The molecule has 0 radical (unpaired) electrons. The Kier molecular flexibility index (Phi) is 4.74. The number of carbonyl (C=O) groups is 2. The molecule has 3 rings (SSSR count). The van der Waals surface area contributed by atoms with Gasteiger partial charge in [-0.15, -0.1) is 0 Å². The number of benzene rings is 2. The van der Waals surface area contributed by atoms with E-state index < -0.39 is 0 Å². The average molecular weight is 337 g/mol. The minimum atomic E-state index is -0.254. The number of rotatable bonds is 4. The van der Waals surface area contributed by atoms with Crippen LogP contribution in [-0.2, 0) is 11.2 Å². The second kappa shape index (κ2) is 6.97. The molecule has 130 valence electrons. The van der Waals surface area contributed by atoms with Crippen LogP contribution >= 0.6 is 0 Å². The molecule has 0 aromatic heterocycles. The zero-order valence-corrected chi connectivity index (χ0v) is 14.8. The molecule has 2 N–H and O–H groups in total. The Morgan fingerprint density at radius 3 is 2.60 bits per heavy atom. The molecule has 5 heteroatoms. The molecule has 1 aliphatic carbocycles. The van der Waals surface area contributed by atoms with Crippen molar-refractivity contribution in [2.24, 2.45) is 5.92 Å². The van der Waals surface area contributed by atoms with Gasteiger partial charge in [-0.2, -0.15) is 0 Å². The molecule has 2 aromatic carbocycles. The van der Waals surface area contributed by atoms with E-state index in [1.807, 2.05) is 18.2 Å². The molecule has 0 unspecified atom stereocenters. The van der Waals surface area contributed by atoms with Crippen LogP contribution in [0.3, 0.4) is 0 Å². The quantitative estimate of drug-likeness (QED) is 0.768. The molecule has 25 heavy (non-hydrogen) atoms. The average Bonchev–Trinajstić information content (AvgIpc) is 2.98. The van der Waals surface area contributed by atoms with Crippen LogP contribution in [0.5, 0.6) is 0 Å². The largest absolute Gasteiger partial charge is 0.359 e. The zero-order chi connectivity index (χ0) is 18.0. The van der Waals surface area contributed by atoms with Gasteiger partial charge in [0.1, 0.15) is 0 Å². The normalized spacial score (nSPS) is 12.8. The predicted molar refractivity (Wildman–Crippen MR) is 99.6 cm³/mol. The molecule has 3 amide bonds. The van der Waals surface area contributed by atoms with Crippen molar-refractivity contribution in [3.63, 3.8) is 0 Å². The first kappa shape index (κ1) is 17.0. The Morgan fingerprint density at radius 2 is 1.84 bits per heavy atom. The lowest BCUT2D eigenvalue weighted by atomic mass is 10.1. The zero-order valence-electron chi connectivity index (χ0n) is 14.8. The van der Waals surface area contributed by atoms with Gasteiger partial charge in [-0.05, 0) is 40.8 Å². The van der Waals surface area contributed by atoms with Crippen molar-refractivity contribution in [1.29, 1.82) is 0 Å². The molecule has 0 fully saturated rings. The maximum absolute atomic E-state index is 12.4. The highest BCUT2D eigenvalue weighted by Gasteiger charge is 2.20. The molecular formula is C20H23N3O2. The number of hydrogen-bond acceptors (Lipinski definition) is 2. The number of hydrogen-bond donors (Lipinski definition) is 2. The minimum absolute atomic E-state index is 0.0741. The summed E-state index contributed by atoms with van der Waals surface area (Å²) in [6, 6.07) is 14.2. The van der Waals surface area contributed by atoms with E-state index in [9.17, 15) is 9.59 Å². The number of urea groups is 1. The molecule has 1 atom stereocenters. The predicted octanol–water partition coefficient (Wildman–Crippen LogP) is 3.10. The Morgan fingerprint density at radius 1 is 1.12 bits per heavy atom. The highest BCUT2D eigenvalue weighted by Crippen LogP contribution is 2.37. The van der Waals surface area contributed by atoms with E-state index in [-0.39, 0.29) is 17.9 Å². The van der Waals surface area contributed by atoms with Crippen molar-refractivity contribution in [3.8, 4) is 11.1 Å². The molecule has 2 aromatic rings. The van der Waals surface area contributed by atoms with Gasteiger partial charge in [0.15, 0.2) is 0 Å². The number of amides is 3. The molecule has 0 saturated heterocycles. The highest BCUT2D eigenvalue weighted by molar-refractivity contribution is 5.91. The van der Waals surface area contributed by atoms with E-state index in [1.54, 1.807) is 21.0 Å². The van der Waals surface area contributed by atoms with Crippen LogP contribution in [0.2, 0.25) is 0 Å². The molecule has 0 heterocycles. The molecule has 5 nitrogen and oxygen atoms in total. The van der Waals surface area contributed by atoms with Crippen LogP contribution in [0, 0.1) is 5.92 Å². The first-order chi connectivity index (χ1) is 12.0. The molecular weight excluding hydrogens is 314 g/mol. The summed E-state index contributed by atoms with van der Waals surface area (Å²) in [6.07, 6.45) is 0.888. The summed E-state index contributed by atoms with van der Waals surface area (Å²) in [5.74, 6) is -0.329. The Labute approximate surface area is 148 Å². The van der Waals surface area contributed by atoms with Gasteiger partial charge < -0.3 is 15.5 Å². The number of nitrogens with one attached hydrogen (secondary N) is 2. The monoisotopic (exact) mass is 337 g/mol. The van der Waals surface area contributed by atoms with Gasteiger partial charge in [0.2, 0.25) is 5.91 Å². The lowest BCUT2D eigenvalue weighted by Gasteiger charge is -2.21. The van der Waals surface area contributed by atoms with Crippen LogP contribution in [0.1, 0.15) is 18.1 Å². The third-order valence-corrected chi connectivity index (χ3v) is 4.63. The fraction of sp³-hybridized carbons (Fsp3) is 0.300. The van der Waals surface area contributed by atoms with Crippen molar-refractivity contribution in [3.05, 3.63) is 53.6 Å². The Bertz CT molecular complexity index is 816. The summed E-state index contributed by atoms with van der Waals surface area (Å²) < 4.78 is 0. The van der Waals surface area contributed by atoms with E-state index >= 15 is 0 Å². The molecule has 0 saturated carbocycles. The van der Waals surface area contributed by atoms with Crippen molar-refractivity contribution in [2.75, 3.05) is 26.0 Å². The minimum Gasteiger partial charge on any atom is -0.359 e. The van der Waals surface area contributed by atoms with E-state index in [0.717, 1.165) is 12.1 Å². The van der Waals surface area contributed by atoms with Gasteiger partial charge in [0.25, 0.3) is 0 Å². The molecule has 0 spiro atoms. The van der Waals surface area contributed by atoms with E-state index in [0.29, 0.717) is 6.54 Å². The SMILES string of the molecule is CNC(=O)[C@@H](C)CN(C)C(=O)Nc1ccc2c(c1)Cc1ccccc1-2. The third kappa shape index (κ3) is 3.50. The smallest absolute Gasteiger partial charge is 0.321 e. The van der Waals surface area contributed by atoms with E-state index in [1.165, 1.54) is 27.2 Å². The Balaban J connectivity index is 1.67. The second-order valence-corrected chi connectivity index (χ2v) is 6.53. The van der Waals surface area contributed by atoms with Crippen molar-refractivity contribution >= 4 is 17.6 Å². The van der Waals surface area contributed by atoms with Gasteiger partial charge in [-0.3, -0.25) is 4.79 Å². The van der Waals surface area contributed by atoms with Crippen molar-refractivity contribution < 1.29 is 9.59 Å². The highest BCUT2D eigenvalue weighted by atomic mass is 16.2. The van der Waals surface area contributed by atoms with E-state index in [2.05, 4.69) is 34.9 Å². The summed E-state index contributed by atoms with van der Waals surface area (Å²) in [4.78, 5) is 25.5. The summed E-state index contributed by atoms with van der Waals surface area (Å²) in [5.41, 5.74) is 5.82. The number of anilines is 1. The molecule has 0 bridgehead atoms. The number of nitrogens with zero attached hydrogens (tertiary/aromatic N) is 1. The van der Waals surface area contributed by atoms with Crippen LogP contribution < -0.4 is 10.6 Å². The van der Waals surface area contributed by atoms with Crippen LogP contribution in [0.25, 0.3) is 11.1 Å². The van der Waals surface area contributed by atoms with Gasteiger partial charge in [0, 0.05) is 26.3 Å². The topological polar surface area (TPSA) is 61.4 Å². The first-order valence-corrected chi connectivity index (χ1v) is 8.44. The van der Waals surface area contributed by atoms with Crippen LogP contribution in [0.15, 0.2) is 42.5 Å². The first-order valence-electron chi connectivity index (χ1n) is 8.44. The van der Waals surface area contributed by atoms with Gasteiger partial charge >= 0.3 is 6.03 Å². The van der Waals surface area contributed by atoms with Crippen molar-refractivity contribution in [1.82, 2.24) is 10.2 Å². The lowest BCUT2D eigenvalue weighted by Crippen LogP contribution is -2.39. The number of carbonyl (C=O) groups excluding carboxylic acids is 2. The van der Waals surface area contributed by atoms with Gasteiger partial charge in [-0.1, -0.05) is 37.3 Å². The summed E-state index contributed by atoms with van der Waals surface area (Å²) in [6.45, 7) is 2.16. The summed E-state index contributed by atoms with van der Waals surface area (Å²) in [5, 5.41) is 5.51.